The van der Waals surface area contributed by atoms with Crippen LogP contribution >= 0.6 is 11.6 Å². The summed E-state index contributed by atoms with van der Waals surface area (Å²) in [5, 5.41) is 12.8. The number of hydrogen-bond donors (Lipinski definition) is 2. The fraction of sp³-hybridized carbons (Fsp3) is 0.267. The van der Waals surface area contributed by atoms with E-state index in [4.69, 9.17) is 16.0 Å². The number of benzene rings is 1. The molecule has 0 bridgehead atoms. The predicted octanol–water partition coefficient (Wildman–Crippen LogP) is 3.02. The molecule has 0 fully saturated rings. The Labute approximate surface area is 126 Å². The molecule has 4 nitrogen and oxygen atoms in total. The van der Waals surface area contributed by atoms with Crippen molar-refractivity contribution in [1.82, 2.24) is 5.32 Å². The largest absolute Gasteiger partial charge is 0.463 e. The Balaban J connectivity index is 2.11. The molecule has 0 spiro atoms. The molecular formula is C15H15ClFNO3. The van der Waals surface area contributed by atoms with Crippen LogP contribution in [0.15, 0.2) is 34.7 Å². The van der Waals surface area contributed by atoms with Gasteiger partial charge in [0.2, 0.25) is 0 Å². The lowest BCUT2D eigenvalue weighted by molar-refractivity contribution is 0.0323. The Bertz CT molecular complexity index is 646. The van der Waals surface area contributed by atoms with Crippen molar-refractivity contribution in [2.75, 3.05) is 6.54 Å². The first-order valence-corrected chi connectivity index (χ1v) is 6.70. The lowest BCUT2D eigenvalue weighted by Crippen LogP contribution is -2.38. The van der Waals surface area contributed by atoms with Crippen LogP contribution in [-0.2, 0) is 5.60 Å². The fourth-order valence-electron chi connectivity index (χ4n) is 1.87. The molecule has 1 aromatic heterocycles. The summed E-state index contributed by atoms with van der Waals surface area (Å²) >= 11 is 5.81. The molecule has 1 heterocycles. The van der Waals surface area contributed by atoms with Crippen molar-refractivity contribution >= 4 is 17.5 Å². The summed E-state index contributed by atoms with van der Waals surface area (Å²) in [5.74, 6) is -0.441. The van der Waals surface area contributed by atoms with Gasteiger partial charge in [0, 0.05) is 0 Å². The standard InChI is InChI=1S/C15H15ClFNO3/c1-9-6-7-12(21-9)15(2,20)8-18-14(19)13-10(16)4-3-5-11(13)17/h3-7,20H,8H2,1-2H3,(H,18,19)/t15-/m0/s1. The quantitative estimate of drug-likeness (QED) is 0.912. The van der Waals surface area contributed by atoms with Crippen molar-refractivity contribution in [2.24, 2.45) is 0 Å². The van der Waals surface area contributed by atoms with Gasteiger partial charge in [0.05, 0.1) is 17.1 Å². The highest BCUT2D eigenvalue weighted by Gasteiger charge is 2.28. The summed E-state index contributed by atoms with van der Waals surface area (Å²) in [6, 6.07) is 7.32. The van der Waals surface area contributed by atoms with Crippen molar-refractivity contribution in [3.8, 4) is 0 Å². The number of carbonyl (C=O) groups is 1. The van der Waals surface area contributed by atoms with Crippen LogP contribution < -0.4 is 5.32 Å². The number of halogens is 2. The van der Waals surface area contributed by atoms with Crippen LogP contribution in [0.25, 0.3) is 0 Å². The molecule has 0 aliphatic carbocycles. The first-order chi connectivity index (χ1) is 9.81. The van der Waals surface area contributed by atoms with Gasteiger partial charge in [0.15, 0.2) is 0 Å². The fourth-order valence-corrected chi connectivity index (χ4v) is 2.12. The first-order valence-electron chi connectivity index (χ1n) is 6.33. The maximum atomic E-state index is 13.6. The molecule has 0 saturated carbocycles. The summed E-state index contributed by atoms with van der Waals surface area (Å²) in [6.45, 7) is 3.11. The molecule has 1 atom stereocenters. The van der Waals surface area contributed by atoms with E-state index in [9.17, 15) is 14.3 Å². The summed E-state index contributed by atoms with van der Waals surface area (Å²) in [5.41, 5.74) is -1.65. The van der Waals surface area contributed by atoms with E-state index in [2.05, 4.69) is 5.32 Å². The van der Waals surface area contributed by atoms with Gasteiger partial charge in [-0.2, -0.15) is 0 Å². The van der Waals surface area contributed by atoms with E-state index in [0.717, 1.165) is 6.07 Å². The maximum absolute atomic E-state index is 13.6. The van der Waals surface area contributed by atoms with Gasteiger partial charge >= 0.3 is 0 Å². The Hall–Kier alpha value is -1.85. The Kier molecular flexibility index (Phi) is 4.34. The van der Waals surface area contributed by atoms with Crippen LogP contribution in [-0.4, -0.2) is 17.6 Å². The molecule has 2 N–H and O–H groups in total. The number of nitrogens with one attached hydrogen (secondary N) is 1. The van der Waals surface area contributed by atoms with E-state index in [-0.39, 0.29) is 17.1 Å². The van der Waals surface area contributed by atoms with E-state index in [0.29, 0.717) is 11.5 Å². The number of carbonyl (C=O) groups excluding carboxylic acids is 1. The minimum absolute atomic E-state index is 0.0148. The third kappa shape index (κ3) is 3.43. The van der Waals surface area contributed by atoms with E-state index in [1.807, 2.05) is 0 Å². The lowest BCUT2D eigenvalue weighted by Gasteiger charge is -2.21. The monoisotopic (exact) mass is 311 g/mol. The van der Waals surface area contributed by atoms with Crippen LogP contribution in [0.1, 0.15) is 28.8 Å². The van der Waals surface area contributed by atoms with Crippen molar-refractivity contribution in [1.29, 1.82) is 0 Å². The second-order valence-electron chi connectivity index (χ2n) is 4.96. The van der Waals surface area contributed by atoms with Gasteiger partial charge in [-0.25, -0.2) is 4.39 Å². The van der Waals surface area contributed by atoms with E-state index < -0.39 is 17.3 Å². The Morgan fingerprint density at radius 2 is 2.14 bits per heavy atom. The van der Waals surface area contributed by atoms with E-state index >= 15 is 0 Å². The predicted molar refractivity (Wildman–Crippen MR) is 76.8 cm³/mol. The minimum Gasteiger partial charge on any atom is -0.463 e. The second-order valence-corrected chi connectivity index (χ2v) is 5.37. The zero-order valence-corrected chi connectivity index (χ0v) is 12.4. The van der Waals surface area contributed by atoms with Crippen molar-refractivity contribution < 1.29 is 18.7 Å². The first kappa shape index (κ1) is 15.5. The number of hydrogen-bond acceptors (Lipinski definition) is 3. The summed E-state index contributed by atoms with van der Waals surface area (Å²) in [4.78, 5) is 12.0. The van der Waals surface area contributed by atoms with Crippen LogP contribution in [0.3, 0.4) is 0 Å². The van der Waals surface area contributed by atoms with Crippen LogP contribution in [0, 0.1) is 12.7 Å². The van der Waals surface area contributed by atoms with Gasteiger partial charge in [-0.05, 0) is 38.1 Å². The van der Waals surface area contributed by atoms with E-state index in [1.54, 1.807) is 19.1 Å². The number of furan rings is 1. The highest BCUT2D eigenvalue weighted by Crippen LogP contribution is 2.23. The van der Waals surface area contributed by atoms with Crippen molar-refractivity contribution in [2.45, 2.75) is 19.4 Å². The average Bonchev–Trinajstić information content (AvgIpc) is 2.84. The SMILES string of the molecule is Cc1ccc([C@@](C)(O)CNC(=O)c2c(F)cccc2Cl)o1. The molecule has 1 aromatic carbocycles. The molecule has 2 aromatic rings. The third-order valence-electron chi connectivity index (χ3n) is 3.05. The number of aliphatic hydroxyl groups is 1. The molecule has 0 radical (unpaired) electrons. The normalized spacial score (nSPS) is 13.8. The highest BCUT2D eigenvalue weighted by molar-refractivity contribution is 6.33. The molecule has 0 aliphatic heterocycles. The lowest BCUT2D eigenvalue weighted by atomic mass is 10.0. The molecule has 0 saturated heterocycles. The Morgan fingerprint density at radius 1 is 1.43 bits per heavy atom. The molecular weight excluding hydrogens is 297 g/mol. The third-order valence-corrected chi connectivity index (χ3v) is 3.37. The molecule has 21 heavy (non-hydrogen) atoms. The Morgan fingerprint density at radius 3 is 2.71 bits per heavy atom. The van der Waals surface area contributed by atoms with Gasteiger partial charge in [-0.1, -0.05) is 17.7 Å². The van der Waals surface area contributed by atoms with Crippen molar-refractivity contribution in [3.63, 3.8) is 0 Å². The van der Waals surface area contributed by atoms with Gasteiger partial charge in [0.25, 0.3) is 5.91 Å². The van der Waals surface area contributed by atoms with Gasteiger partial charge in [-0.15, -0.1) is 0 Å². The molecule has 1 amide bonds. The zero-order chi connectivity index (χ0) is 15.6. The van der Waals surface area contributed by atoms with Crippen LogP contribution in [0.4, 0.5) is 4.39 Å². The summed E-state index contributed by atoms with van der Waals surface area (Å²) in [6.07, 6.45) is 0. The number of aryl methyl sites for hydroxylation is 1. The smallest absolute Gasteiger partial charge is 0.255 e. The zero-order valence-electron chi connectivity index (χ0n) is 11.6. The summed E-state index contributed by atoms with van der Waals surface area (Å²) < 4.78 is 19.0. The summed E-state index contributed by atoms with van der Waals surface area (Å²) in [7, 11) is 0. The van der Waals surface area contributed by atoms with Gasteiger partial charge in [-0.3, -0.25) is 4.79 Å². The second kappa shape index (κ2) is 5.87. The molecule has 0 aliphatic rings. The van der Waals surface area contributed by atoms with E-state index in [1.165, 1.54) is 19.1 Å². The van der Waals surface area contributed by atoms with Crippen molar-refractivity contribution in [3.05, 3.63) is 58.3 Å². The number of rotatable bonds is 4. The minimum atomic E-state index is -1.40. The molecule has 6 heteroatoms. The molecule has 112 valence electrons. The highest BCUT2D eigenvalue weighted by atomic mass is 35.5. The average molecular weight is 312 g/mol. The topological polar surface area (TPSA) is 62.5 Å². The van der Waals surface area contributed by atoms with Crippen LogP contribution in [0.2, 0.25) is 5.02 Å². The van der Waals surface area contributed by atoms with Gasteiger partial charge < -0.3 is 14.8 Å². The number of amides is 1. The van der Waals surface area contributed by atoms with Gasteiger partial charge in [0.1, 0.15) is 22.9 Å². The molecule has 2 rings (SSSR count). The maximum Gasteiger partial charge on any atom is 0.255 e. The molecule has 0 unspecified atom stereocenters. The van der Waals surface area contributed by atoms with Crippen LogP contribution in [0.5, 0.6) is 0 Å².